The second-order valence-electron chi connectivity index (χ2n) is 2.20. The molecule has 0 unspecified atom stereocenters. The third kappa shape index (κ3) is 1.48. The molecule has 1 aliphatic heterocycles. The van der Waals surface area contributed by atoms with Gasteiger partial charge in [0.2, 0.25) is 0 Å². The molecule has 0 spiro atoms. The Morgan fingerprint density at radius 2 is 2.55 bits per heavy atom. The second kappa shape index (κ2) is 3.34. The number of hydrogen-bond acceptors (Lipinski definition) is 4. The van der Waals surface area contributed by atoms with Crippen LogP contribution in [-0.4, -0.2) is 36.2 Å². The van der Waals surface area contributed by atoms with E-state index in [1.807, 2.05) is 0 Å². The highest BCUT2D eigenvalue weighted by Crippen LogP contribution is 2.15. The van der Waals surface area contributed by atoms with Gasteiger partial charge in [0.05, 0.1) is 18.8 Å². The molecule has 0 aromatic rings. The van der Waals surface area contributed by atoms with E-state index < -0.39 is 18.2 Å². The van der Waals surface area contributed by atoms with Crippen molar-refractivity contribution in [2.75, 3.05) is 6.61 Å². The molecular weight excluding hydrogens is 150 g/mol. The molecule has 1 N–H and O–H groups in total. The highest BCUT2D eigenvalue weighted by molar-refractivity contribution is 5.58. The third-order valence-corrected chi connectivity index (χ3v) is 1.52. The molecule has 1 rings (SSSR count). The van der Waals surface area contributed by atoms with E-state index in [2.05, 4.69) is 10.0 Å². The quantitative estimate of drug-likeness (QED) is 0.256. The summed E-state index contributed by atoms with van der Waals surface area (Å²) in [5.74, 6) is 0. The van der Waals surface area contributed by atoms with Crippen LogP contribution in [0.15, 0.2) is 5.11 Å². The van der Waals surface area contributed by atoms with Crippen molar-refractivity contribution < 1.29 is 14.6 Å². The molecule has 1 fully saturated rings. The van der Waals surface area contributed by atoms with Gasteiger partial charge < -0.3 is 14.6 Å². The van der Waals surface area contributed by atoms with Gasteiger partial charge in [0, 0.05) is 4.91 Å². The van der Waals surface area contributed by atoms with Crippen molar-refractivity contribution in [2.24, 2.45) is 5.11 Å². The number of aliphatic hydroxyl groups is 1. The number of hydrogen-bond donors (Lipinski definition) is 1. The molecule has 0 saturated carbocycles. The minimum atomic E-state index is -0.997. The lowest BCUT2D eigenvalue weighted by molar-refractivity contribution is -0.118. The van der Waals surface area contributed by atoms with Crippen LogP contribution in [0.4, 0.5) is 0 Å². The fraction of sp³-hybridized carbons (Fsp3) is 0.800. The molecule has 0 aromatic carbocycles. The Morgan fingerprint density at radius 3 is 3.00 bits per heavy atom. The third-order valence-electron chi connectivity index (χ3n) is 1.52. The monoisotopic (exact) mass is 157 g/mol. The van der Waals surface area contributed by atoms with Gasteiger partial charge in [-0.25, -0.2) is 0 Å². The minimum absolute atomic E-state index is 0.106. The summed E-state index contributed by atoms with van der Waals surface area (Å²) in [6.45, 7) is 0.106. The predicted octanol–water partition coefficient (Wildman–Crippen LogP) is -0.376. The van der Waals surface area contributed by atoms with Crippen molar-refractivity contribution in [3.63, 3.8) is 0 Å². The fourth-order valence-electron chi connectivity index (χ4n) is 0.914. The molecule has 0 aromatic heterocycles. The maximum atomic E-state index is 10.1. The number of azide groups is 1. The average molecular weight is 157 g/mol. The van der Waals surface area contributed by atoms with Crippen molar-refractivity contribution >= 4 is 6.29 Å². The standard InChI is InChI=1S/C5H7N3O3/c6-8-7-3-2-11-4(1-9)5(3)10/h1,3-5,10H,2H2/t3-,4-,5+/m0/s1. The zero-order valence-corrected chi connectivity index (χ0v) is 5.62. The Bertz CT molecular complexity index is 201. The van der Waals surface area contributed by atoms with Crippen LogP contribution < -0.4 is 0 Å². The Hall–Kier alpha value is -1.10. The maximum absolute atomic E-state index is 10.1. The van der Waals surface area contributed by atoms with Crippen LogP contribution >= 0.6 is 0 Å². The van der Waals surface area contributed by atoms with Gasteiger partial charge in [0.15, 0.2) is 6.29 Å². The molecule has 1 heterocycles. The lowest BCUT2D eigenvalue weighted by atomic mass is 10.1. The van der Waals surface area contributed by atoms with E-state index in [1.54, 1.807) is 0 Å². The molecule has 0 radical (unpaired) electrons. The number of carbonyl (C=O) groups excluding carboxylic acids is 1. The van der Waals surface area contributed by atoms with E-state index in [-0.39, 0.29) is 6.61 Å². The van der Waals surface area contributed by atoms with E-state index in [0.29, 0.717) is 6.29 Å². The lowest BCUT2D eigenvalue weighted by Gasteiger charge is -2.06. The molecule has 11 heavy (non-hydrogen) atoms. The largest absolute Gasteiger partial charge is 0.389 e. The van der Waals surface area contributed by atoms with E-state index in [1.165, 1.54) is 0 Å². The van der Waals surface area contributed by atoms with Crippen molar-refractivity contribution in [3.05, 3.63) is 10.4 Å². The highest BCUT2D eigenvalue weighted by Gasteiger charge is 2.34. The SMILES string of the molecule is [N-]=[N+]=N[C@H]1CO[C@@H](C=O)[C@@H]1O. The van der Waals surface area contributed by atoms with Crippen LogP contribution in [0.25, 0.3) is 10.4 Å². The van der Waals surface area contributed by atoms with Crippen LogP contribution in [0.3, 0.4) is 0 Å². The van der Waals surface area contributed by atoms with E-state index in [0.717, 1.165) is 0 Å². The van der Waals surface area contributed by atoms with E-state index in [9.17, 15) is 4.79 Å². The Balaban J connectivity index is 2.61. The first-order valence-corrected chi connectivity index (χ1v) is 3.08. The normalized spacial score (nSPS) is 36.3. The fourth-order valence-corrected chi connectivity index (χ4v) is 0.914. The zero-order valence-electron chi connectivity index (χ0n) is 5.62. The first kappa shape index (κ1) is 8.00. The van der Waals surface area contributed by atoms with Crippen molar-refractivity contribution in [1.29, 1.82) is 0 Å². The summed E-state index contributed by atoms with van der Waals surface area (Å²) in [5, 5.41) is 12.4. The summed E-state index contributed by atoms with van der Waals surface area (Å²) in [5.41, 5.74) is 8.01. The van der Waals surface area contributed by atoms with Gasteiger partial charge >= 0.3 is 0 Å². The van der Waals surface area contributed by atoms with E-state index in [4.69, 9.17) is 15.4 Å². The lowest BCUT2D eigenvalue weighted by Crippen LogP contribution is -2.29. The van der Waals surface area contributed by atoms with Gasteiger partial charge in [-0.05, 0) is 5.53 Å². The molecule has 60 valence electrons. The molecule has 1 aliphatic rings. The van der Waals surface area contributed by atoms with Gasteiger partial charge in [-0.3, -0.25) is 0 Å². The molecular formula is C5H7N3O3. The number of nitrogens with zero attached hydrogens (tertiary/aromatic N) is 3. The Morgan fingerprint density at radius 1 is 1.82 bits per heavy atom. The summed E-state index contributed by atoms with van der Waals surface area (Å²) < 4.78 is 4.80. The summed E-state index contributed by atoms with van der Waals surface area (Å²) in [7, 11) is 0. The molecule has 0 bridgehead atoms. The summed E-state index contributed by atoms with van der Waals surface area (Å²) in [4.78, 5) is 12.7. The number of ether oxygens (including phenoxy) is 1. The van der Waals surface area contributed by atoms with Gasteiger partial charge in [0.25, 0.3) is 0 Å². The van der Waals surface area contributed by atoms with Crippen molar-refractivity contribution in [1.82, 2.24) is 0 Å². The molecule has 3 atom stereocenters. The molecule has 6 heteroatoms. The van der Waals surface area contributed by atoms with Crippen LogP contribution in [0.5, 0.6) is 0 Å². The van der Waals surface area contributed by atoms with Crippen molar-refractivity contribution in [2.45, 2.75) is 18.2 Å². The van der Waals surface area contributed by atoms with Crippen LogP contribution in [0.1, 0.15) is 0 Å². The minimum Gasteiger partial charge on any atom is -0.389 e. The van der Waals surface area contributed by atoms with E-state index >= 15 is 0 Å². The van der Waals surface area contributed by atoms with Gasteiger partial charge in [-0.15, -0.1) is 0 Å². The molecule has 0 amide bonds. The van der Waals surface area contributed by atoms with Crippen molar-refractivity contribution in [3.8, 4) is 0 Å². The maximum Gasteiger partial charge on any atom is 0.151 e. The number of carbonyl (C=O) groups is 1. The average Bonchev–Trinajstić information content (AvgIpc) is 2.34. The van der Waals surface area contributed by atoms with Crippen LogP contribution in [0, 0.1) is 0 Å². The Labute approximate surface area is 62.4 Å². The van der Waals surface area contributed by atoms with Crippen LogP contribution in [0.2, 0.25) is 0 Å². The van der Waals surface area contributed by atoms with Gasteiger partial charge in [-0.2, -0.15) is 0 Å². The predicted molar refractivity (Wildman–Crippen MR) is 34.7 cm³/mol. The summed E-state index contributed by atoms with van der Waals surface area (Å²) >= 11 is 0. The topological polar surface area (TPSA) is 95.3 Å². The first-order valence-electron chi connectivity index (χ1n) is 3.08. The number of aliphatic hydroxyl groups excluding tert-OH is 1. The number of rotatable bonds is 2. The van der Waals surface area contributed by atoms with Gasteiger partial charge in [0.1, 0.15) is 6.10 Å². The molecule has 0 aliphatic carbocycles. The molecule has 1 saturated heterocycles. The highest BCUT2D eigenvalue weighted by atomic mass is 16.5. The first-order chi connectivity index (χ1) is 5.29. The number of aldehydes is 1. The summed E-state index contributed by atoms with van der Waals surface area (Å²) in [6, 6.07) is -0.629. The molecule has 6 nitrogen and oxygen atoms in total. The summed E-state index contributed by atoms with van der Waals surface area (Å²) in [6.07, 6.45) is -1.34. The van der Waals surface area contributed by atoms with Crippen LogP contribution in [-0.2, 0) is 9.53 Å². The second-order valence-corrected chi connectivity index (χ2v) is 2.20. The zero-order chi connectivity index (χ0) is 8.27. The van der Waals surface area contributed by atoms with Gasteiger partial charge in [-0.1, -0.05) is 5.11 Å². The smallest absolute Gasteiger partial charge is 0.151 e. The Kier molecular flexibility index (Phi) is 2.43.